The van der Waals surface area contributed by atoms with Crippen molar-refractivity contribution in [1.29, 1.82) is 0 Å². The van der Waals surface area contributed by atoms with Gasteiger partial charge in [-0.3, -0.25) is 4.79 Å². The van der Waals surface area contributed by atoms with Gasteiger partial charge in [-0.2, -0.15) is 0 Å². The van der Waals surface area contributed by atoms with Crippen LogP contribution in [0.25, 0.3) is 0 Å². The zero-order valence-electron chi connectivity index (χ0n) is 10.4. The summed E-state index contributed by atoms with van der Waals surface area (Å²) in [5.41, 5.74) is 5.81. The molecule has 0 aromatic rings. The first-order chi connectivity index (χ1) is 6.81. The molecule has 0 spiro atoms. The second-order valence-corrected chi connectivity index (χ2v) is 5.62. The lowest BCUT2D eigenvalue weighted by atomic mass is 9.78. The number of hydrogen-bond donors (Lipinski definition) is 3. The van der Waals surface area contributed by atoms with Gasteiger partial charge >= 0.3 is 0 Å². The third-order valence-corrected chi connectivity index (χ3v) is 2.63. The summed E-state index contributed by atoms with van der Waals surface area (Å²) in [6.45, 7) is 7.02. The smallest absolute Gasteiger partial charge is 0.234 e. The first kappa shape index (κ1) is 15.7. The van der Waals surface area contributed by atoms with Crippen LogP contribution in [0.1, 0.15) is 40.0 Å². The number of nitrogens with two attached hydrogens (primary N) is 1. The largest absolute Gasteiger partial charge is 0.350 e. The molecule has 96 valence electrons. The summed E-state index contributed by atoms with van der Waals surface area (Å²) >= 11 is 0. The fraction of sp³-hybridized carbons (Fsp3) is 0.909. The number of rotatable bonds is 4. The molecule has 0 atom stereocenters. The summed E-state index contributed by atoms with van der Waals surface area (Å²) in [5, 5.41) is 6.01. The van der Waals surface area contributed by atoms with Crippen molar-refractivity contribution in [3.8, 4) is 0 Å². The summed E-state index contributed by atoms with van der Waals surface area (Å²) < 4.78 is 0. The molecule has 0 aliphatic heterocycles. The highest BCUT2D eigenvalue weighted by molar-refractivity contribution is 5.85. The van der Waals surface area contributed by atoms with Gasteiger partial charge in [0.25, 0.3) is 0 Å². The van der Waals surface area contributed by atoms with E-state index in [1.807, 2.05) is 20.8 Å². The summed E-state index contributed by atoms with van der Waals surface area (Å²) in [4.78, 5) is 11.4. The van der Waals surface area contributed by atoms with Gasteiger partial charge in [0.05, 0.1) is 6.54 Å². The molecule has 1 rings (SSSR count). The van der Waals surface area contributed by atoms with Crippen molar-refractivity contribution in [3.05, 3.63) is 0 Å². The standard InChI is InChI=1S/C11H23N3O.ClH/c1-10(2,3)14-9(15)7-13-8-11(12)5-4-6-11;/h13H,4-8,12H2,1-3H3,(H,14,15);1H. The molecule has 1 aliphatic rings. The number of nitrogens with one attached hydrogen (secondary N) is 2. The Morgan fingerprint density at radius 1 is 1.38 bits per heavy atom. The fourth-order valence-corrected chi connectivity index (χ4v) is 1.70. The van der Waals surface area contributed by atoms with E-state index in [4.69, 9.17) is 5.73 Å². The molecular formula is C11H24ClN3O. The maximum Gasteiger partial charge on any atom is 0.234 e. The van der Waals surface area contributed by atoms with Crippen LogP contribution in [0, 0.1) is 0 Å². The molecule has 0 bridgehead atoms. The number of halogens is 1. The molecule has 0 saturated heterocycles. The molecule has 4 N–H and O–H groups in total. The zero-order valence-corrected chi connectivity index (χ0v) is 11.2. The molecule has 0 radical (unpaired) electrons. The lowest BCUT2D eigenvalue weighted by Crippen LogP contribution is -2.55. The van der Waals surface area contributed by atoms with E-state index in [0.717, 1.165) is 19.4 Å². The van der Waals surface area contributed by atoms with Crippen LogP contribution >= 0.6 is 12.4 Å². The van der Waals surface area contributed by atoms with Crippen molar-refractivity contribution in [3.63, 3.8) is 0 Å². The van der Waals surface area contributed by atoms with Crippen molar-refractivity contribution in [2.75, 3.05) is 13.1 Å². The second-order valence-electron chi connectivity index (χ2n) is 5.62. The molecule has 1 aliphatic carbocycles. The topological polar surface area (TPSA) is 67.2 Å². The van der Waals surface area contributed by atoms with E-state index < -0.39 is 0 Å². The van der Waals surface area contributed by atoms with Crippen molar-refractivity contribution >= 4 is 18.3 Å². The fourth-order valence-electron chi connectivity index (χ4n) is 1.70. The number of carbonyl (C=O) groups excluding carboxylic acids is 1. The molecule has 1 saturated carbocycles. The van der Waals surface area contributed by atoms with Crippen LogP contribution in [0.3, 0.4) is 0 Å². The van der Waals surface area contributed by atoms with Crippen molar-refractivity contribution < 1.29 is 4.79 Å². The molecule has 4 nitrogen and oxygen atoms in total. The molecular weight excluding hydrogens is 226 g/mol. The first-order valence-corrected chi connectivity index (χ1v) is 5.61. The Bertz CT molecular complexity index is 234. The normalized spacial score (nSPS) is 18.2. The highest BCUT2D eigenvalue weighted by atomic mass is 35.5. The van der Waals surface area contributed by atoms with Crippen LogP contribution in [0.15, 0.2) is 0 Å². The molecule has 0 aromatic carbocycles. The second kappa shape index (κ2) is 5.84. The van der Waals surface area contributed by atoms with Crippen LogP contribution in [0.5, 0.6) is 0 Å². The van der Waals surface area contributed by atoms with Crippen LogP contribution < -0.4 is 16.4 Å². The van der Waals surface area contributed by atoms with E-state index >= 15 is 0 Å². The van der Waals surface area contributed by atoms with E-state index in [1.165, 1.54) is 6.42 Å². The van der Waals surface area contributed by atoms with Gasteiger partial charge in [-0.25, -0.2) is 0 Å². The van der Waals surface area contributed by atoms with E-state index in [1.54, 1.807) is 0 Å². The average Bonchev–Trinajstić information content (AvgIpc) is 1.97. The van der Waals surface area contributed by atoms with Gasteiger partial charge in [-0.05, 0) is 40.0 Å². The van der Waals surface area contributed by atoms with Gasteiger partial charge in [-0.1, -0.05) is 0 Å². The molecule has 0 unspecified atom stereocenters. The summed E-state index contributed by atoms with van der Waals surface area (Å²) in [5.74, 6) is 0.0328. The van der Waals surface area contributed by atoms with Crippen molar-refractivity contribution in [2.45, 2.75) is 51.1 Å². The maximum atomic E-state index is 11.4. The molecule has 1 fully saturated rings. The lowest BCUT2D eigenvalue weighted by Gasteiger charge is -2.38. The average molecular weight is 250 g/mol. The van der Waals surface area contributed by atoms with Gasteiger partial charge in [0.2, 0.25) is 5.91 Å². The van der Waals surface area contributed by atoms with Crippen LogP contribution in [-0.2, 0) is 4.79 Å². The molecule has 1 amide bonds. The minimum Gasteiger partial charge on any atom is -0.350 e. The Morgan fingerprint density at radius 3 is 2.31 bits per heavy atom. The van der Waals surface area contributed by atoms with Crippen LogP contribution in [-0.4, -0.2) is 30.1 Å². The quantitative estimate of drug-likeness (QED) is 0.690. The molecule has 0 heterocycles. The van der Waals surface area contributed by atoms with Crippen LogP contribution in [0.2, 0.25) is 0 Å². The SMILES string of the molecule is CC(C)(C)NC(=O)CNCC1(N)CCC1.Cl. The highest BCUT2D eigenvalue weighted by Gasteiger charge is 2.31. The Hall–Kier alpha value is -0.320. The van der Waals surface area contributed by atoms with E-state index in [2.05, 4.69) is 10.6 Å². The van der Waals surface area contributed by atoms with Gasteiger partial charge in [-0.15, -0.1) is 12.4 Å². The van der Waals surface area contributed by atoms with Crippen LogP contribution in [0.4, 0.5) is 0 Å². The Kier molecular flexibility index (Phi) is 5.73. The molecule has 5 heteroatoms. The third-order valence-electron chi connectivity index (χ3n) is 2.63. The minimum absolute atomic E-state index is 0. The number of amides is 1. The number of hydrogen-bond acceptors (Lipinski definition) is 3. The Morgan fingerprint density at radius 2 is 1.94 bits per heavy atom. The predicted molar refractivity (Wildman–Crippen MR) is 68.8 cm³/mol. The minimum atomic E-state index is -0.157. The van der Waals surface area contributed by atoms with Crippen molar-refractivity contribution in [2.24, 2.45) is 5.73 Å². The van der Waals surface area contributed by atoms with Crippen molar-refractivity contribution in [1.82, 2.24) is 10.6 Å². The van der Waals surface area contributed by atoms with Gasteiger partial charge in [0.1, 0.15) is 0 Å². The molecule has 16 heavy (non-hydrogen) atoms. The highest BCUT2D eigenvalue weighted by Crippen LogP contribution is 2.27. The summed E-state index contributed by atoms with van der Waals surface area (Å²) in [6, 6.07) is 0. The monoisotopic (exact) mass is 249 g/mol. The maximum absolute atomic E-state index is 11.4. The van der Waals surface area contributed by atoms with E-state index in [-0.39, 0.29) is 29.4 Å². The lowest BCUT2D eigenvalue weighted by molar-refractivity contribution is -0.121. The Balaban J connectivity index is 0.00000225. The number of carbonyl (C=O) groups is 1. The summed E-state index contributed by atoms with van der Waals surface area (Å²) in [7, 11) is 0. The summed E-state index contributed by atoms with van der Waals surface area (Å²) in [6.07, 6.45) is 3.36. The predicted octanol–water partition coefficient (Wildman–Crippen LogP) is 0.794. The zero-order chi connectivity index (χ0) is 11.5. The first-order valence-electron chi connectivity index (χ1n) is 5.61. The van der Waals surface area contributed by atoms with E-state index in [9.17, 15) is 4.79 Å². The van der Waals surface area contributed by atoms with Gasteiger partial charge < -0.3 is 16.4 Å². The van der Waals surface area contributed by atoms with E-state index in [0.29, 0.717) is 6.54 Å². The Labute approximate surface area is 104 Å². The third kappa shape index (κ3) is 5.68. The van der Waals surface area contributed by atoms with Gasteiger partial charge in [0, 0.05) is 17.6 Å². The van der Waals surface area contributed by atoms with Gasteiger partial charge in [0.15, 0.2) is 0 Å². The molecule has 0 aromatic heterocycles.